The van der Waals surface area contributed by atoms with Gasteiger partial charge in [-0.25, -0.2) is 0 Å². The molecule has 0 unspecified atom stereocenters. The van der Waals surface area contributed by atoms with Crippen LogP contribution in [0.1, 0.15) is 174 Å². The lowest BCUT2D eigenvalue weighted by Crippen LogP contribution is -2.23. The summed E-state index contributed by atoms with van der Waals surface area (Å²) in [7, 11) is 0. The second kappa shape index (κ2) is 15.3. The molecule has 0 radical (unpaired) electrons. The predicted octanol–water partition coefficient (Wildman–Crippen LogP) is 10.8. The van der Waals surface area contributed by atoms with E-state index < -0.39 is 0 Å². The number of hydrogen-bond donors (Lipinski definition) is 0. The zero-order chi connectivity index (χ0) is 27.7. The Labute approximate surface area is 237 Å². The molecule has 0 heterocycles. The lowest BCUT2D eigenvalue weighted by atomic mass is 9.70. The average molecular weight is 517 g/mol. The summed E-state index contributed by atoms with van der Waals surface area (Å²) < 4.78 is 0. The molecule has 0 fully saturated rings. The normalized spacial score (nSPS) is 12.6. The van der Waals surface area contributed by atoms with Crippen molar-refractivity contribution in [1.29, 1.82) is 0 Å². The van der Waals surface area contributed by atoms with Gasteiger partial charge in [-0.3, -0.25) is 0 Å². The lowest BCUT2D eigenvalue weighted by molar-refractivity contribution is 0.750. The second-order valence-electron chi connectivity index (χ2n) is 12.1. The van der Waals surface area contributed by atoms with Crippen molar-refractivity contribution >= 4 is 0 Å². The maximum atomic E-state index is 2.40. The van der Waals surface area contributed by atoms with E-state index in [0.29, 0.717) is 0 Å². The highest BCUT2D eigenvalue weighted by Gasteiger charge is 2.31. The third kappa shape index (κ3) is 6.26. The zero-order valence-corrected chi connectivity index (χ0v) is 26.7. The van der Waals surface area contributed by atoms with Crippen molar-refractivity contribution in [2.24, 2.45) is 0 Å². The van der Waals surface area contributed by atoms with Crippen molar-refractivity contribution in [1.82, 2.24) is 0 Å². The van der Waals surface area contributed by atoms with Crippen LogP contribution in [0.15, 0.2) is 0 Å². The molecule has 0 N–H and O–H groups in total. The van der Waals surface area contributed by atoms with Crippen molar-refractivity contribution in [2.45, 2.75) is 171 Å². The summed E-state index contributed by atoms with van der Waals surface area (Å²) in [4.78, 5) is 0. The van der Waals surface area contributed by atoms with E-state index in [1.54, 1.807) is 66.8 Å². The Bertz CT molecular complexity index is 884. The summed E-state index contributed by atoms with van der Waals surface area (Å²) in [5.41, 5.74) is 21.3. The summed E-state index contributed by atoms with van der Waals surface area (Å²) >= 11 is 0. The SMILES string of the molecule is CCCc1c(CCC)c(CCC)c2c(c1CCC)Cc1c(CCC)c(CCC)c(CCC)c(CCC)c1C2. The molecule has 0 spiro atoms. The van der Waals surface area contributed by atoms with Gasteiger partial charge in [-0.1, -0.05) is 107 Å². The van der Waals surface area contributed by atoms with Crippen molar-refractivity contribution < 1.29 is 0 Å². The Kier molecular flexibility index (Phi) is 12.5. The lowest BCUT2D eigenvalue weighted by Gasteiger charge is -2.35. The molecule has 3 rings (SSSR count). The van der Waals surface area contributed by atoms with Crippen LogP contribution < -0.4 is 0 Å². The molecule has 0 amide bonds. The molecule has 2 aromatic rings. The Morgan fingerprint density at radius 1 is 0.263 bits per heavy atom. The highest BCUT2D eigenvalue weighted by molar-refractivity contribution is 5.63. The molecule has 212 valence electrons. The Morgan fingerprint density at radius 3 is 0.579 bits per heavy atom. The fraction of sp³-hybridized carbons (Fsp3) is 0.684. The van der Waals surface area contributed by atoms with E-state index in [1.165, 1.54) is 116 Å². The van der Waals surface area contributed by atoms with Gasteiger partial charge in [0, 0.05) is 0 Å². The highest BCUT2D eigenvalue weighted by atomic mass is 14.4. The van der Waals surface area contributed by atoms with Gasteiger partial charge in [0.1, 0.15) is 0 Å². The maximum absolute atomic E-state index is 2.40. The van der Waals surface area contributed by atoms with Gasteiger partial charge in [0.15, 0.2) is 0 Å². The molecule has 0 aromatic heterocycles. The molecule has 0 atom stereocenters. The van der Waals surface area contributed by atoms with Gasteiger partial charge in [-0.15, -0.1) is 0 Å². The van der Waals surface area contributed by atoms with Gasteiger partial charge in [0.2, 0.25) is 0 Å². The van der Waals surface area contributed by atoms with Crippen LogP contribution in [0.25, 0.3) is 0 Å². The van der Waals surface area contributed by atoms with Gasteiger partial charge < -0.3 is 0 Å². The first-order chi connectivity index (χ1) is 18.6. The first kappa shape index (κ1) is 31.0. The van der Waals surface area contributed by atoms with Gasteiger partial charge in [-0.2, -0.15) is 0 Å². The van der Waals surface area contributed by atoms with Crippen LogP contribution in [0.3, 0.4) is 0 Å². The monoisotopic (exact) mass is 516 g/mol. The summed E-state index contributed by atoms with van der Waals surface area (Å²) in [6.45, 7) is 19.2. The zero-order valence-electron chi connectivity index (χ0n) is 26.7. The molecule has 0 saturated carbocycles. The fourth-order valence-electron chi connectivity index (χ4n) is 7.81. The second-order valence-corrected chi connectivity index (χ2v) is 12.1. The van der Waals surface area contributed by atoms with Crippen LogP contribution >= 0.6 is 0 Å². The smallest absolute Gasteiger partial charge is 0.00142 e. The average Bonchev–Trinajstić information content (AvgIpc) is 2.91. The minimum Gasteiger partial charge on any atom is -0.0651 e. The standard InChI is InChI=1S/C38H60/c1-9-17-27-28(18-10-2)32(22-14-6)36-26-38-34(24-16-8)30(20-12-4)29(19-11-3)33(23-15-7)37(38)25-35(36)31(27)21-13-5/h9-26H2,1-8H3. The summed E-state index contributed by atoms with van der Waals surface area (Å²) in [5, 5.41) is 0. The molecule has 0 bridgehead atoms. The third-order valence-corrected chi connectivity index (χ3v) is 9.08. The predicted molar refractivity (Wildman–Crippen MR) is 170 cm³/mol. The summed E-state index contributed by atoms with van der Waals surface area (Å²) in [6, 6.07) is 0. The first-order valence-electron chi connectivity index (χ1n) is 16.9. The molecule has 38 heavy (non-hydrogen) atoms. The molecule has 0 saturated heterocycles. The van der Waals surface area contributed by atoms with E-state index in [0.717, 1.165) is 0 Å². The molecule has 2 aromatic carbocycles. The minimum atomic E-state index is 1.20. The molecule has 1 aliphatic rings. The number of hydrogen-bond acceptors (Lipinski definition) is 0. The van der Waals surface area contributed by atoms with E-state index in [2.05, 4.69) is 55.4 Å². The van der Waals surface area contributed by atoms with Crippen LogP contribution in [-0.4, -0.2) is 0 Å². The van der Waals surface area contributed by atoms with E-state index >= 15 is 0 Å². The largest absolute Gasteiger partial charge is 0.0651 e. The minimum absolute atomic E-state index is 1.20. The van der Waals surface area contributed by atoms with E-state index in [1.807, 2.05) is 0 Å². The Hall–Kier alpha value is -1.56. The van der Waals surface area contributed by atoms with Gasteiger partial charge in [0.05, 0.1) is 0 Å². The maximum Gasteiger partial charge on any atom is -0.00142 e. The highest BCUT2D eigenvalue weighted by Crippen LogP contribution is 2.43. The summed E-state index contributed by atoms with van der Waals surface area (Å²) in [6.07, 6.45) is 22.6. The Balaban J connectivity index is 2.43. The van der Waals surface area contributed by atoms with Crippen LogP contribution in [0.4, 0.5) is 0 Å². The first-order valence-corrected chi connectivity index (χ1v) is 16.9. The van der Waals surface area contributed by atoms with Crippen LogP contribution in [0.2, 0.25) is 0 Å². The van der Waals surface area contributed by atoms with Gasteiger partial charge >= 0.3 is 0 Å². The molecule has 1 aliphatic carbocycles. The number of rotatable bonds is 16. The molecular weight excluding hydrogens is 456 g/mol. The fourth-order valence-corrected chi connectivity index (χ4v) is 7.81. The van der Waals surface area contributed by atoms with Crippen LogP contribution in [0, 0.1) is 0 Å². The van der Waals surface area contributed by atoms with Crippen LogP contribution in [-0.2, 0) is 64.2 Å². The van der Waals surface area contributed by atoms with E-state index in [4.69, 9.17) is 0 Å². The van der Waals surface area contributed by atoms with Crippen molar-refractivity contribution in [3.63, 3.8) is 0 Å². The van der Waals surface area contributed by atoms with Crippen molar-refractivity contribution in [3.8, 4) is 0 Å². The van der Waals surface area contributed by atoms with Gasteiger partial charge in [0.25, 0.3) is 0 Å². The number of benzene rings is 2. The number of fused-ring (bicyclic) bond motifs is 2. The quantitative estimate of drug-likeness (QED) is 0.177. The van der Waals surface area contributed by atoms with Crippen molar-refractivity contribution in [2.75, 3.05) is 0 Å². The molecule has 0 heteroatoms. The molecular formula is C38H60. The van der Waals surface area contributed by atoms with E-state index in [9.17, 15) is 0 Å². The van der Waals surface area contributed by atoms with E-state index in [-0.39, 0.29) is 0 Å². The molecule has 0 aliphatic heterocycles. The molecule has 0 nitrogen and oxygen atoms in total. The third-order valence-electron chi connectivity index (χ3n) is 9.08. The van der Waals surface area contributed by atoms with Gasteiger partial charge in [-0.05, 0) is 131 Å². The Morgan fingerprint density at radius 2 is 0.421 bits per heavy atom. The topological polar surface area (TPSA) is 0 Å². The van der Waals surface area contributed by atoms with Crippen molar-refractivity contribution in [3.05, 3.63) is 66.8 Å². The van der Waals surface area contributed by atoms with Crippen LogP contribution in [0.5, 0.6) is 0 Å². The summed E-state index contributed by atoms with van der Waals surface area (Å²) in [5.74, 6) is 0.